The second kappa shape index (κ2) is 4.63. The lowest BCUT2D eigenvalue weighted by Gasteiger charge is -2.26. The van der Waals surface area contributed by atoms with E-state index in [1.54, 1.807) is 12.1 Å². The van der Waals surface area contributed by atoms with Crippen molar-refractivity contribution in [3.8, 4) is 5.75 Å². The van der Waals surface area contributed by atoms with Gasteiger partial charge in [0.1, 0.15) is 5.75 Å². The number of hydrogen-bond donors (Lipinski definition) is 2. The van der Waals surface area contributed by atoms with Gasteiger partial charge in [0.15, 0.2) is 0 Å². The summed E-state index contributed by atoms with van der Waals surface area (Å²) in [4.78, 5) is 12.0. The van der Waals surface area contributed by atoms with Crippen molar-refractivity contribution in [2.75, 3.05) is 5.32 Å². The van der Waals surface area contributed by atoms with Gasteiger partial charge in [0.2, 0.25) is 5.91 Å². The van der Waals surface area contributed by atoms with Gasteiger partial charge in [0.05, 0.1) is 0 Å². The summed E-state index contributed by atoms with van der Waals surface area (Å²) in [5.41, 5.74) is 4.05. The minimum atomic E-state index is -0.0174. The maximum atomic E-state index is 12.0. The third kappa shape index (κ3) is 1.96. The lowest BCUT2D eigenvalue weighted by atomic mass is 9.84. The number of anilines is 1. The van der Waals surface area contributed by atoms with Gasteiger partial charge in [-0.05, 0) is 40.8 Å². The van der Waals surface area contributed by atoms with E-state index >= 15 is 0 Å². The molecule has 1 aromatic heterocycles. The highest BCUT2D eigenvalue weighted by molar-refractivity contribution is 5.96. The van der Waals surface area contributed by atoms with Gasteiger partial charge in [0, 0.05) is 42.9 Å². The summed E-state index contributed by atoms with van der Waals surface area (Å²) in [6.45, 7) is 0. The second-order valence-corrected chi connectivity index (χ2v) is 5.82. The highest BCUT2D eigenvalue weighted by Gasteiger charge is 2.26. The van der Waals surface area contributed by atoms with Crippen molar-refractivity contribution in [3.05, 3.63) is 59.8 Å². The molecule has 2 N–H and O–H groups in total. The Morgan fingerprint density at radius 2 is 2.05 bits per heavy atom. The summed E-state index contributed by atoms with van der Waals surface area (Å²) in [6, 6.07) is 13.6. The van der Waals surface area contributed by atoms with Crippen molar-refractivity contribution < 1.29 is 9.90 Å². The summed E-state index contributed by atoms with van der Waals surface area (Å²) in [6.07, 6.45) is 2.46. The van der Waals surface area contributed by atoms with Crippen LogP contribution in [0.2, 0.25) is 0 Å². The van der Waals surface area contributed by atoms with Crippen LogP contribution in [0.5, 0.6) is 5.75 Å². The zero-order valence-electron chi connectivity index (χ0n) is 12.2. The van der Waals surface area contributed by atoms with Crippen molar-refractivity contribution in [3.63, 3.8) is 0 Å². The van der Waals surface area contributed by atoms with Gasteiger partial charge in [-0.15, -0.1) is 0 Å². The molecule has 2 heterocycles. The minimum absolute atomic E-state index is 0.0174. The Labute approximate surface area is 128 Å². The molecular weight excluding hydrogens is 276 g/mol. The van der Waals surface area contributed by atoms with Gasteiger partial charge in [-0.1, -0.05) is 12.1 Å². The number of rotatable bonds is 1. The molecule has 1 atom stereocenters. The number of aromatic hydroxyl groups is 1. The maximum Gasteiger partial charge on any atom is 0.225 e. The van der Waals surface area contributed by atoms with E-state index in [-0.39, 0.29) is 17.6 Å². The molecule has 3 aromatic rings. The summed E-state index contributed by atoms with van der Waals surface area (Å²) in [5.74, 6) is 0.170. The van der Waals surface area contributed by atoms with Gasteiger partial charge >= 0.3 is 0 Å². The van der Waals surface area contributed by atoms with Crippen LogP contribution >= 0.6 is 0 Å². The molecule has 2 aromatic carbocycles. The van der Waals surface area contributed by atoms with Crippen molar-refractivity contribution >= 4 is 22.5 Å². The van der Waals surface area contributed by atoms with Crippen molar-refractivity contribution in [1.82, 2.24) is 4.57 Å². The topological polar surface area (TPSA) is 54.3 Å². The molecule has 22 heavy (non-hydrogen) atoms. The van der Waals surface area contributed by atoms with E-state index in [4.69, 9.17) is 0 Å². The fourth-order valence-corrected chi connectivity index (χ4v) is 3.27. The number of nitrogens with one attached hydrogen (secondary N) is 1. The molecule has 4 rings (SSSR count). The molecule has 0 aliphatic carbocycles. The van der Waals surface area contributed by atoms with E-state index in [9.17, 15) is 9.90 Å². The molecule has 1 unspecified atom stereocenters. The number of carbonyl (C=O) groups excluding carboxylic acids is 1. The van der Waals surface area contributed by atoms with Crippen molar-refractivity contribution in [2.24, 2.45) is 7.05 Å². The maximum absolute atomic E-state index is 12.0. The van der Waals surface area contributed by atoms with Crippen LogP contribution < -0.4 is 5.32 Å². The van der Waals surface area contributed by atoms with Gasteiger partial charge in [0.25, 0.3) is 0 Å². The number of phenolic OH excluding ortho intramolecular Hbond substituents is 1. The fraction of sp³-hybridized carbons (Fsp3) is 0.167. The van der Waals surface area contributed by atoms with Gasteiger partial charge in [-0.3, -0.25) is 4.79 Å². The predicted octanol–water partition coefficient (Wildman–Crippen LogP) is 3.36. The fourth-order valence-electron chi connectivity index (χ4n) is 3.27. The molecule has 0 saturated carbocycles. The quantitative estimate of drug-likeness (QED) is 0.722. The molecule has 0 radical (unpaired) electrons. The van der Waals surface area contributed by atoms with Gasteiger partial charge < -0.3 is 15.0 Å². The Bertz CT molecular complexity index is 895. The zero-order chi connectivity index (χ0) is 15.3. The molecular formula is C18H16N2O2. The normalized spacial score (nSPS) is 17.3. The Hall–Kier alpha value is -2.75. The second-order valence-electron chi connectivity index (χ2n) is 5.82. The highest BCUT2D eigenvalue weighted by Crippen LogP contribution is 2.39. The number of aryl methyl sites for hydroxylation is 1. The van der Waals surface area contributed by atoms with Crippen LogP contribution in [-0.2, 0) is 11.8 Å². The average Bonchev–Trinajstić information content (AvgIpc) is 2.87. The summed E-state index contributed by atoms with van der Waals surface area (Å²) >= 11 is 0. The van der Waals surface area contributed by atoms with E-state index in [0.717, 1.165) is 11.1 Å². The molecule has 110 valence electrons. The first-order valence-electron chi connectivity index (χ1n) is 7.29. The van der Waals surface area contributed by atoms with Crippen LogP contribution in [0.4, 0.5) is 5.69 Å². The van der Waals surface area contributed by atoms with E-state index in [1.165, 1.54) is 10.9 Å². The molecule has 0 fully saturated rings. The third-order valence-corrected chi connectivity index (χ3v) is 4.39. The number of fused-ring (bicyclic) bond motifs is 2. The van der Waals surface area contributed by atoms with Crippen LogP contribution in [0.25, 0.3) is 10.9 Å². The van der Waals surface area contributed by atoms with E-state index in [2.05, 4.69) is 34.1 Å². The van der Waals surface area contributed by atoms with E-state index in [1.807, 2.05) is 19.3 Å². The van der Waals surface area contributed by atoms with Crippen LogP contribution in [0.3, 0.4) is 0 Å². The molecule has 4 heteroatoms. The first kappa shape index (κ1) is 13.0. The molecule has 0 bridgehead atoms. The van der Waals surface area contributed by atoms with E-state index < -0.39 is 0 Å². The van der Waals surface area contributed by atoms with Crippen LogP contribution in [-0.4, -0.2) is 15.6 Å². The number of amides is 1. The molecule has 1 aliphatic rings. The Morgan fingerprint density at radius 1 is 1.18 bits per heavy atom. The van der Waals surface area contributed by atoms with Crippen molar-refractivity contribution in [1.29, 1.82) is 0 Å². The lowest BCUT2D eigenvalue weighted by molar-refractivity contribution is -0.116. The van der Waals surface area contributed by atoms with Crippen LogP contribution in [0.1, 0.15) is 23.5 Å². The zero-order valence-corrected chi connectivity index (χ0v) is 12.2. The van der Waals surface area contributed by atoms with Crippen LogP contribution in [0, 0.1) is 0 Å². The van der Waals surface area contributed by atoms with Gasteiger partial charge in [-0.25, -0.2) is 0 Å². The van der Waals surface area contributed by atoms with Crippen molar-refractivity contribution in [2.45, 2.75) is 12.3 Å². The summed E-state index contributed by atoms with van der Waals surface area (Å²) in [5, 5.41) is 13.6. The number of nitrogens with zero attached hydrogens (tertiary/aromatic N) is 1. The predicted molar refractivity (Wildman–Crippen MR) is 86.1 cm³/mol. The monoisotopic (exact) mass is 292 g/mol. The Morgan fingerprint density at radius 3 is 2.91 bits per heavy atom. The van der Waals surface area contributed by atoms with Crippen LogP contribution in [0.15, 0.2) is 48.7 Å². The molecule has 1 aliphatic heterocycles. The summed E-state index contributed by atoms with van der Waals surface area (Å²) in [7, 11) is 2.02. The number of phenols is 1. The Kier molecular flexibility index (Phi) is 2.73. The first-order chi connectivity index (χ1) is 10.6. The third-order valence-electron chi connectivity index (χ3n) is 4.39. The van der Waals surface area contributed by atoms with E-state index in [0.29, 0.717) is 12.1 Å². The standard InChI is InChI=1S/C18H16N2O2/c1-20-7-6-12-8-11(2-5-17(12)20)15-10-18(22)19-16-9-13(21)3-4-14(15)16/h2-9,15,21H,10H2,1H3,(H,19,22). The lowest BCUT2D eigenvalue weighted by Crippen LogP contribution is -2.23. The Balaban J connectivity index is 1.85. The number of benzene rings is 2. The highest BCUT2D eigenvalue weighted by atomic mass is 16.3. The summed E-state index contributed by atoms with van der Waals surface area (Å²) < 4.78 is 2.08. The minimum Gasteiger partial charge on any atom is -0.508 e. The molecule has 0 saturated heterocycles. The molecule has 1 amide bonds. The number of carbonyl (C=O) groups is 1. The first-order valence-corrected chi connectivity index (χ1v) is 7.29. The molecule has 0 spiro atoms. The molecule has 4 nitrogen and oxygen atoms in total. The smallest absolute Gasteiger partial charge is 0.225 e. The SMILES string of the molecule is Cn1ccc2cc(C3CC(=O)Nc4cc(O)ccc43)ccc21. The number of hydrogen-bond acceptors (Lipinski definition) is 2. The largest absolute Gasteiger partial charge is 0.508 e. The average molecular weight is 292 g/mol. The number of aromatic nitrogens is 1. The van der Waals surface area contributed by atoms with Gasteiger partial charge in [-0.2, -0.15) is 0 Å².